The molecule has 0 unspecified atom stereocenters. The van der Waals surface area contributed by atoms with Crippen LogP contribution in [0.15, 0.2) is 58.1 Å². The van der Waals surface area contributed by atoms with E-state index in [1.54, 1.807) is 42.5 Å². The molecule has 1 N–H and O–H groups in total. The van der Waals surface area contributed by atoms with Crippen molar-refractivity contribution in [2.45, 2.75) is 0 Å². The molecule has 0 bridgehead atoms. The standard InChI is InChI=1S/C14H10BrN3O3/c15-12-7-3-2-6-11(12)14(19)17-16-9-10-5-1-4-8-13(10)18(20)21/h1-9H,(H,17,19). The number of hydrogen-bond donors (Lipinski definition) is 1. The molecule has 0 atom stereocenters. The highest BCUT2D eigenvalue weighted by Crippen LogP contribution is 2.16. The average molecular weight is 348 g/mol. The third-order valence-electron chi connectivity index (χ3n) is 2.62. The molecule has 0 heterocycles. The van der Waals surface area contributed by atoms with Gasteiger partial charge in [-0.15, -0.1) is 0 Å². The van der Waals surface area contributed by atoms with E-state index in [0.29, 0.717) is 15.6 Å². The predicted molar refractivity (Wildman–Crippen MR) is 82.3 cm³/mol. The Hall–Kier alpha value is -2.54. The maximum absolute atomic E-state index is 11.9. The first kappa shape index (κ1) is 14.9. The van der Waals surface area contributed by atoms with Gasteiger partial charge in [-0.05, 0) is 34.1 Å². The second-order valence-corrected chi connectivity index (χ2v) is 4.85. The van der Waals surface area contributed by atoms with E-state index in [4.69, 9.17) is 0 Å². The predicted octanol–water partition coefficient (Wildman–Crippen LogP) is 3.12. The molecule has 0 saturated carbocycles. The summed E-state index contributed by atoms with van der Waals surface area (Å²) in [6.45, 7) is 0. The van der Waals surface area contributed by atoms with Gasteiger partial charge in [-0.25, -0.2) is 5.43 Å². The Labute approximate surface area is 128 Å². The highest BCUT2D eigenvalue weighted by Gasteiger charge is 2.11. The highest BCUT2D eigenvalue weighted by atomic mass is 79.9. The van der Waals surface area contributed by atoms with Crippen LogP contribution in [0.2, 0.25) is 0 Å². The molecule has 0 fully saturated rings. The lowest BCUT2D eigenvalue weighted by molar-refractivity contribution is -0.385. The maximum Gasteiger partial charge on any atom is 0.278 e. The number of hydrazone groups is 1. The molecular weight excluding hydrogens is 338 g/mol. The number of carbonyl (C=O) groups is 1. The van der Waals surface area contributed by atoms with Gasteiger partial charge in [0.05, 0.1) is 22.3 Å². The molecule has 0 saturated heterocycles. The largest absolute Gasteiger partial charge is 0.278 e. The number of hydrogen-bond acceptors (Lipinski definition) is 4. The van der Waals surface area contributed by atoms with Gasteiger partial charge < -0.3 is 0 Å². The van der Waals surface area contributed by atoms with Crippen molar-refractivity contribution in [1.82, 2.24) is 5.43 Å². The van der Waals surface area contributed by atoms with E-state index >= 15 is 0 Å². The lowest BCUT2D eigenvalue weighted by Crippen LogP contribution is -2.18. The minimum atomic E-state index is -0.503. The summed E-state index contributed by atoms with van der Waals surface area (Å²) >= 11 is 3.26. The first-order valence-corrected chi connectivity index (χ1v) is 6.70. The van der Waals surface area contributed by atoms with E-state index in [0.717, 1.165) is 0 Å². The van der Waals surface area contributed by atoms with Crippen LogP contribution in [0.1, 0.15) is 15.9 Å². The number of nitro benzene ring substituents is 1. The first-order valence-electron chi connectivity index (χ1n) is 5.91. The van der Waals surface area contributed by atoms with Crippen LogP contribution in [0.3, 0.4) is 0 Å². The zero-order chi connectivity index (χ0) is 15.2. The van der Waals surface area contributed by atoms with Gasteiger partial charge in [0.2, 0.25) is 0 Å². The Kier molecular flexibility index (Phi) is 4.78. The Morgan fingerprint density at radius 1 is 1.19 bits per heavy atom. The molecule has 2 aromatic carbocycles. The summed E-state index contributed by atoms with van der Waals surface area (Å²) in [7, 11) is 0. The number of rotatable bonds is 4. The maximum atomic E-state index is 11.9. The molecule has 7 heteroatoms. The van der Waals surface area contributed by atoms with Crippen molar-refractivity contribution in [3.63, 3.8) is 0 Å². The molecule has 21 heavy (non-hydrogen) atoms. The third-order valence-corrected chi connectivity index (χ3v) is 3.31. The summed E-state index contributed by atoms with van der Waals surface area (Å²) in [4.78, 5) is 22.2. The van der Waals surface area contributed by atoms with Crippen molar-refractivity contribution < 1.29 is 9.72 Å². The van der Waals surface area contributed by atoms with Gasteiger partial charge >= 0.3 is 0 Å². The zero-order valence-corrected chi connectivity index (χ0v) is 12.3. The molecule has 0 spiro atoms. The van der Waals surface area contributed by atoms with Crippen molar-refractivity contribution in [3.05, 3.63) is 74.2 Å². The van der Waals surface area contributed by atoms with Crippen molar-refractivity contribution >= 4 is 33.7 Å². The number of para-hydroxylation sites is 1. The van der Waals surface area contributed by atoms with Crippen LogP contribution < -0.4 is 5.43 Å². The topological polar surface area (TPSA) is 84.6 Å². The van der Waals surface area contributed by atoms with Crippen LogP contribution in [-0.2, 0) is 0 Å². The Balaban J connectivity index is 2.12. The van der Waals surface area contributed by atoms with E-state index < -0.39 is 10.8 Å². The fourth-order valence-electron chi connectivity index (χ4n) is 1.63. The molecular formula is C14H10BrN3O3. The zero-order valence-electron chi connectivity index (χ0n) is 10.7. The van der Waals surface area contributed by atoms with Gasteiger partial charge in [0.25, 0.3) is 11.6 Å². The van der Waals surface area contributed by atoms with Crippen LogP contribution in [0, 0.1) is 10.1 Å². The van der Waals surface area contributed by atoms with Gasteiger partial charge in [-0.2, -0.15) is 5.10 Å². The minimum absolute atomic E-state index is 0.0728. The average Bonchev–Trinajstić information content (AvgIpc) is 2.48. The van der Waals surface area contributed by atoms with Gasteiger partial charge in [-0.3, -0.25) is 14.9 Å². The summed E-state index contributed by atoms with van der Waals surface area (Å²) < 4.78 is 0.642. The van der Waals surface area contributed by atoms with E-state index in [9.17, 15) is 14.9 Å². The van der Waals surface area contributed by atoms with Crippen LogP contribution >= 0.6 is 15.9 Å². The number of nitrogens with one attached hydrogen (secondary N) is 1. The van der Waals surface area contributed by atoms with Crippen LogP contribution in [-0.4, -0.2) is 17.0 Å². The van der Waals surface area contributed by atoms with E-state index in [1.807, 2.05) is 0 Å². The van der Waals surface area contributed by atoms with Gasteiger partial charge in [-0.1, -0.05) is 24.3 Å². The van der Waals surface area contributed by atoms with E-state index in [-0.39, 0.29) is 5.69 Å². The Bertz CT molecular complexity index is 716. The number of nitro groups is 1. The molecule has 0 aliphatic carbocycles. The molecule has 0 aliphatic heterocycles. The normalized spacial score (nSPS) is 10.5. The van der Waals surface area contributed by atoms with Crippen molar-refractivity contribution in [2.75, 3.05) is 0 Å². The number of halogens is 1. The van der Waals surface area contributed by atoms with Gasteiger partial charge in [0.15, 0.2) is 0 Å². The number of amides is 1. The molecule has 2 rings (SSSR count). The molecule has 1 amide bonds. The van der Waals surface area contributed by atoms with E-state index in [1.165, 1.54) is 12.3 Å². The molecule has 0 radical (unpaired) electrons. The Morgan fingerprint density at radius 2 is 1.86 bits per heavy atom. The number of nitrogens with zero attached hydrogens (tertiary/aromatic N) is 2. The second kappa shape index (κ2) is 6.76. The monoisotopic (exact) mass is 347 g/mol. The fourth-order valence-corrected chi connectivity index (χ4v) is 2.09. The fraction of sp³-hybridized carbons (Fsp3) is 0. The first-order chi connectivity index (χ1) is 10.1. The Morgan fingerprint density at radius 3 is 2.57 bits per heavy atom. The molecule has 0 aromatic heterocycles. The van der Waals surface area contributed by atoms with Crippen molar-refractivity contribution in [3.8, 4) is 0 Å². The second-order valence-electron chi connectivity index (χ2n) is 3.99. The highest BCUT2D eigenvalue weighted by molar-refractivity contribution is 9.10. The van der Waals surface area contributed by atoms with Crippen molar-refractivity contribution in [2.24, 2.45) is 5.10 Å². The summed E-state index contributed by atoms with van der Waals surface area (Å²) in [5.41, 5.74) is 3.00. The SMILES string of the molecule is O=C(NN=Cc1ccccc1[N+](=O)[O-])c1ccccc1Br. The third kappa shape index (κ3) is 3.73. The summed E-state index contributed by atoms with van der Waals surface area (Å²) in [5, 5.41) is 14.6. The lowest BCUT2D eigenvalue weighted by Gasteiger charge is -2.02. The summed E-state index contributed by atoms with van der Waals surface area (Å²) in [6.07, 6.45) is 1.24. The molecule has 106 valence electrons. The van der Waals surface area contributed by atoms with Crippen LogP contribution in [0.5, 0.6) is 0 Å². The number of carbonyl (C=O) groups excluding carboxylic acids is 1. The van der Waals surface area contributed by atoms with Crippen molar-refractivity contribution in [1.29, 1.82) is 0 Å². The smallest absolute Gasteiger partial charge is 0.267 e. The van der Waals surface area contributed by atoms with Crippen LogP contribution in [0.4, 0.5) is 5.69 Å². The van der Waals surface area contributed by atoms with Gasteiger partial charge in [0, 0.05) is 10.5 Å². The van der Waals surface area contributed by atoms with Gasteiger partial charge in [0.1, 0.15) is 0 Å². The quantitative estimate of drug-likeness (QED) is 0.523. The molecule has 6 nitrogen and oxygen atoms in total. The molecule has 2 aromatic rings. The minimum Gasteiger partial charge on any atom is -0.267 e. The summed E-state index contributed by atoms with van der Waals surface area (Å²) in [5.74, 6) is -0.405. The number of benzene rings is 2. The van der Waals surface area contributed by atoms with E-state index in [2.05, 4.69) is 26.5 Å². The summed E-state index contributed by atoms with van der Waals surface area (Å²) in [6, 6.07) is 13.0. The lowest BCUT2D eigenvalue weighted by atomic mass is 10.2. The van der Waals surface area contributed by atoms with Crippen LogP contribution in [0.25, 0.3) is 0 Å². The molecule has 0 aliphatic rings.